The molecule has 0 unspecified atom stereocenters. The molecule has 2 aliphatic heterocycles. The monoisotopic (exact) mass is 456 g/mol. The van der Waals surface area contributed by atoms with Crippen LogP contribution >= 0.6 is 0 Å². The lowest BCUT2D eigenvalue weighted by Gasteiger charge is -2.25. The van der Waals surface area contributed by atoms with Crippen LogP contribution in [0.5, 0.6) is 17.2 Å². The van der Waals surface area contributed by atoms with Crippen molar-refractivity contribution in [3.63, 3.8) is 0 Å². The smallest absolute Gasteiger partial charge is 0.321 e. The molecule has 0 spiro atoms. The molecule has 7 heteroatoms. The van der Waals surface area contributed by atoms with Crippen molar-refractivity contribution in [2.45, 2.75) is 13.3 Å². The molecule has 7 nitrogen and oxygen atoms in total. The van der Waals surface area contributed by atoms with Crippen molar-refractivity contribution in [1.82, 2.24) is 9.80 Å². The Morgan fingerprint density at radius 1 is 0.971 bits per heavy atom. The van der Waals surface area contributed by atoms with Gasteiger partial charge in [-0.1, -0.05) is 29.8 Å². The van der Waals surface area contributed by atoms with Crippen LogP contribution in [0.4, 0.5) is 16.2 Å². The number of fused-ring (bicyclic) bond motifs is 2. The molecular formula is C27H28N4O3. The number of aliphatic imine (C=N–C) groups is 1. The van der Waals surface area contributed by atoms with Gasteiger partial charge in [-0.25, -0.2) is 9.79 Å². The first-order valence-electron chi connectivity index (χ1n) is 11.5. The summed E-state index contributed by atoms with van der Waals surface area (Å²) in [7, 11) is 1.65. The summed E-state index contributed by atoms with van der Waals surface area (Å²) in [6.45, 7) is 4.78. The highest BCUT2D eigenvalue weighted by Crippen LogP contribution is 2.39. The highest BCUT2D eigenvalue weighted by molar-refractivity contribution is 6.04. The summed E-state index contributed by atoms with van der Waals surface area (Å²) in [6.07, 6.45) is 0.842. The zero-order valence-electron chi connectivity index (χ0n) is 19.5. The Balaban J connectivity index is 1.38. The van der Waals surface area contributed by atoms with E-state index in [4.69, 9.17) is 14.5 Å². The van der Waals surface area contributed by atoms with Crippen molar-refractivity contribution >= 4 is 23.2 Å². The summed E-state index contributed by atoms with van der Waals surface area (Å²) in [6, 6.07) is 21.4. The van der Waals surface area contributed by atoms with E-state index in [0.29, 0.717) is 31.1 Å². The fourth-order valence-corrected chi connectivity index (χ4v) is 4.24. The molecule has 0 aliphatic carbocycles. The maximum Gasteiger partial charge on any atom is 0.321 e. The van der Waals surface area contributed by atoms with Crippen LogP contribution in [-0.2, 0) is 0 Å². The zero-order chi connectivity index (χ0) is 23.5. The van der Waals surface area contributed by atoms with Crippen LogP contribution in [0.3, 0.4) is 0 Å². The summed E-state index contributed by atoms with van der Waals surface area (Å²) in [5, 5.41) is 3.02. The molecule has 1 N–H and O–H groups in total. The maximum atomic E-state index is 12.9. The van der Waals surface area contributed by atoms with Gasteiger partial charge in [0.05, 0.1) is 12.7 Å². The lowest BCUT2D eigenvalue weighted by molar-refractivity contribution is 0.214. The molecule has 1 fully saturated rings. The minimum Gasteiger partial charge on any atom is -0.497 e. The SMILES string of the molecule is COc1ccc2c(c1)Oc1ccccc1N=C2N1CCCN(C(=O)Nc2ccc(C)cc2)CC1. The molecule has 174 valence electrons. The molecule has 0 bridgehead atoms. The number of hydrogen-bond donors (Lipinski definition) is 1. The van der Waals surface area contributed by atoms with Gasteiger partial charge in [-0.05, 0) is 49.7 Å². The number of amides is 2. The average molecular weight is 457 g/mol. The van der Waals surface area contributed by atoms with E-state index in [-0.39, 0.29) is 6.03 Å². The van der Waals surface area contributed by atoms with Gasteiger partial charge >= 0.3 is 6.03 Å². The standard InChI is InChI=1S/C27H28N4O3/c1-19-8-10-20(11-9-19)28-27(32)31-15-5-14-30(16-17-31)26-22-13-12-21(33-2)18-25(22)34-24-7-4-3-6-23(24)29-26/h3-4,6-13,18H,5,14-17H2,1-2H3,(H,28,32). The first-order chi connectivity index (χ1) is 16.6. The zero-order valence-corrected chi connectivity index (χ0v) is 19.5. The lowest BCUT2D eigenvalue weighted by atomic mass is 10.1. The summed E-state index contributed by atoms with van der Waals surface area (Å²) in [5.41, 5.74) is 3.66. The number of aryl methyl sites for hydroxylation is 1. The van der Waals surface area contributed by atoms with Crippen LogP contribution in [-0.4, -0.2) is 55.0 Å². The van der Waals surface area contributed by atoms with Gasteiger partial charge in [-0.3, -0.25) is 0 Å². The van der Waals surface area contributed by atoms with Gasteiger partial charge in [0.1, 0.15) is 23.0 Å². The molecule has 2 amide bonds. The molecule has 0 atom stereocenters. The predicted octanol–water partition coefficient (Wildman–Crippen LogP) is 5.43. The Kier molecular flexibility index (Phi) is 6.08. The van der Waals surface area contributed by atoms with E-state index < -0.39 is 0 Å². The number of carbonyl (C=O) groups excluding carboxylic acids is 1. The van der Waals surface area contributed by atoms with Gasteiger partial charge in [0.15, 0.2) is 5.75 Å². The van der Waals surface area contributed by atoms with E-state index >= 15 is 0 Å². The molecule has 2 aliphatic rings. The summed E-state index contributed by atoms with van der Waals surface area (Å²) < 4.78 is 11.7. The summed E-state index contributed by atoms with van der Waals surface area (Å²) in [4.78, 5) is 22.0. The minimum atomic E-state index is -0.0766. The van der Waals surface area contributed by atoms with E-state index in [1.54, 1.807) is 7.11 Å². The lowest BCUT2D eigenvalue weighted by Crippen LogP contribution is -2.39. The Hall–Kier alpha value is -4.00. The fraction of sp³-hybridized carbons (Fsp3) is 0.259. The molecule has 34 heavy (non-hydrogen) atoms. The van der Waals surface area contributed by atoms with Gasteiger partial charge in [0.25, 0.3) is 0 Å². The van der Waals surface area contributed by atoms with Crippen LogP contribution < -0.4 is 14.8 Å². The number of hydrogen-bond acceptors (Lipinski definition) is 5. The Labute approximate surface area is 199 Å². The van der Waals surface area contributed by atoms with Crippen molar-refractivity contribution in [1.29, 1.82) is 0 Å². The molecule has 2 heterocycles. The van der Waals surface area contributed by atoms with Crippen LogP contribution in [0.15, 0.2) is 71.7 Å². The fourth-order valence-electron chi connectivity index (χ4n) is 4.24. The Morgan fingerprint density at radius 3 is 2.62 bits per heavy atom. The van der Waals surface area contributed by atoms with Crippen LogP contribution in [0, 0.1) is 6.92 Å². The number of urea groups is 1. The Bertz CT molecular complexity index is 1220. The molecule has 0 saturated carbocycles. The Morgan fingerprint density at radius 2 is 1.79 bits per heavy atom. The number of rotatable bonds is 2. The number of nitrogens with zero attached hydrogens (tertiary/aromatic N) is 3. The number of ether oxygens (including phenoxy) is 2. The third-order valence-corrected chi connectivity index (χ3v) is 6.13. The molecule has 3 aromatic carbocycles. The number of anilines is 1. The second-order valence-corrected chi connectivity index (χ2v) is 8.49. The minimum absolute atomic E-state index is 0.0766. The third kappa shape index (κ3) is 4.55. The summed E-state index contributed by atoms with van der Waals surface area (Å²) in [5.74, 6) is 3.00. The normalized spacial score (nSPS) is 15.2. The van der Waals surface area contributed by atoms with E-state index in [9.17, 15) is 4.79 Å². The first kappa shape index (κ1) is 21.8. The predicted molar refractivity (Wildman–Crippen MR) is 134 cm³/mol. The van der Waals surface area contributed by atoms with Crippen LogP contribution in [0.25, 0.3) is 0 Å². The average Bonchev–Trinajstić information content (AvgIpc) is 3.20. The number of para-hydroxylation sites is 2. The number of methoxy groups -OCH3 is 1. The van der Waals surface area contributed by atoms with Crippen LogP contribution in [0.1, 0.15) is 17.5 Å². The molecular weight excluding hydrogens is 428 g/mol. The molecule has 1 saturated heterocycles. The van der Waals surface area contributed by atoms with Crippen molar-refractivity contribution < 1.29 is 14.3 Å². The molecule has 5 rings (SSSR count). The second-order valence-electron chi connectivity index (χ2n) is 8.49. The van der Waals surface area contributed by atoms with Crippen LogP contribution in [0.2, 0.25) is 0 Å². The second kappa shape index (κ2) is 9.47. The van der Waals surface area contributed by atoms with Crippen molar-refractivity contribution in [3.8, 4) is 17.2 Å². The van der Waals surface area contributed by atoms with Gasteiger partial charge in [0.2, 0.25) is 0 Å². The van der Waals surface area contributed by atoms with Crippen molar-refractivity contribution in [2.24, 2.45) is 4.99 Å². The van der Waals surface area contributed by atoms with Gasteiger partial charge < -0.3 is 24.6 Å². The maximum absolute atomic E-state index is 12.9. The largest absolute Gasteiger partial charge is 0.497 e. The third-order valence-electron chi connectivity index (χ3n) is 6.13. The van der Waals surface area contributed by atoms with Crippen molar-refractivity contribution in [2.75, 3.05) is 38.6 Å². The van der Waals surface area contributed by atoms with E-state index in [1.165, 1.54) is 0 Å². The molecule has 3 aromatic rings. The van der Waals surface area contributed by atoms with Crippen molar-refractivity contribution in [3.05, 3.63) is 77.9 Å². The quantitative estimate of drug-likeness (QED) is 0.559. The molecule has 0 radical (unpaired) electrons. The highest BCUT2D eigenvalue weighted by atomic mass is 16.5. The first-order valence-corrected chi connectivity index (χ1v) is 11.5. The van der Waals surface area contributed by atoms with E-state index in [2.05, 4.69) is 10.2 Å². The van der Waals surface area contributed by atoms with Gasteiger partial charge in [-0.2, -0.15) is 0 Å². The summed E-state index contributed by atoms with van der Waals surface area (Å²) >= 11 is 0. The number of benzene rings is 3. The number of amidine groups is 1. The molecule has 0 aromatic heterocycles. The van der Waals surface area contributed by atoms with E-state index in [0.717, 1.165) is 47.1 Å². The number of carbonyl (C=O) groups is 1. The number of nitrogens with one attached hydrogen (secondary N) is 1. The van der Waals surface area contributed by atoms with Gasteiger partial charge in [-0.15, -0.1) is 0 Å². The van der Waals surface area contributed by atoms with Gasteiger partial charge in [0, 0.05) is 37.9 Å². The highest BCUT2D eigenvalue weighted by Gasteiger charge is 2.26. The topological polar surface area (TPSA) is 66.4 Å². The van der Waals surface area contributed by atoms with E-state index in [1.807, 2.05) is 78.6 Å².